The Morgan fingerprint density at radius 1 is 1.06 bits per heavy atom. The zero-order valence-corrected chi connectivity index (χ0v) is 10.7. The second-order valence-corrected chi connectivity index (χ2v) is 4.33. The van der Waals surface area contributed by atoms with Gasteiger partial charge in [0.1, 0.15) is 5.75 Å². The van der Waals surface area contributed by atoms with Gasteiger partial charge in [-0.15, -0.1) is 0 Å². The van der Waals surface area contributed by atoms with Gasteiger partial charge in [0.15, 0.2) is 6.10 Å². The molecule has 0 fully saturated rings. The van der Waals surface area contributed by atoms with E-state index in [0.29, 0.717) is 16.3 Å². The summed E-state index contributed by atoms with van der Waals surface area (Å²) in [5.74, 6) is 0.464. The SMILES string of the molecule is C[C@@H](Oc1ccccc1Cl)C(=O)c1ccccc1. The Kier molecular flexibility index (Phi) is 4.00. The minimum absolute atomic E-state index is 0.0597. The minimum Gasteiger partial charge on any atom is -0.481 e. The molecule has 0 radical (unpaired) electrons. The van der Waals surface area contributed by atoms with E-state index in [4.69, 9.17) is 16.3 Å². The first-order valence-corrected chi connectivity index (χ1v) is 6.06. The molecule has 0 aromatic heterocycles. The number of carbonyl (C=O) groups excluding carboxylic acids is 1. The molecule has 0 saturated heterocycles. The molecule has 0 N–H and O–H groups in total. The van der Waals surface area contributed by atoms with E-state index in [1.807, 2.05) is 30.3 Å². The average Bonchev–Trinajstić information content (AvgIpc) is 2.41. The second kappa shape index (κ2) is 5.69. The van der Waals surface area contributed by atoms with Crippen molar-refractivity contribution >= 4 is 17.4 Å². The number of ether oxygens (including phenoxy) is 1. The number of benzene rings is 2. The van der Waals surface area contributed by atoms with Crippen LogP contribution in [0.15, 0.2) is 54.6 Å². The van der Waals surface area contributed by atoms with E-state index in [1.54, 1.807) is 31.2 Å². The van der Waals surface area contributed by atoms with Gasteiger partial charge in [-0.2, -0.15) is 0 Å². The third kappa shape index (κ3) is 2.90. The maximum absolute atomic E-state index is 12.1. The van der Waals surface area contributed by atoms with Crippen LogP contribution in [0.5, 0.6) is 5.75 Å². The normalized spacial score (nSPS) is 11.9. The Morgan fingerprint density at radius 2 is 1.67 bits per heavy atom. The molecule has 3 heteroatoms. The summed E-state index contributed by atoms with van der Waals surface area (Å²) in [5, 5.41) is 0.505. The molecule has 0 unspecified atom stereocenters. The van der Waals surface area contributed by atoms with Crippen LogP contribution in [-0.4, -0.2) is 11.9 Å². The third-order valence-electron chi connectivity index (χ3n) is 2.57. The third-order valence-corrected chi connectivity index (χ3v) is 2.88. The topological polar surface area (TPSA) is 26.3 Å². The van der Waals surface area contributed by atoms with E-state index >= 15 is 0 Å². The summed E-state index contributed by atoms with van der Waals surface area (Å²) in [6, 6.07) is 16.2. The summed E-state index contributed by atoms with van der Waals surface area (Å²) < 4.78 is 5.58. The molecule has 0 aliphatic heterocycles. The van der Waals surface area contributed by atoms with Gasteiger partial charge in [-0.1, -0.05) is 54.1 Å². The van der Waals surface area contributed by atoms with Crippen LogP contribution in [0, 0.1) is 0 Å². The number of halogens is 1. The van der Waals surface area contributed by atoms with Crippen molar-refractivity contribution in [1.82, 2.24) is 0 Å². The van der Waals surface area contributed by atoms with Crippen molar-refractivity contribution in [2.45, 2.75) is 13.0 Å². The van der Waals surface area contributed by atoms with Gasteiger partial charge in [-0.3, -0.25) is 4.79 Å². The van der Waals surface area contributed by atoms with Gasteiger partial charge in [-0.05, 0) is 19.1 Å². The van der Waals surface area contributed by atoms with Crippen LogP contribution in [0.1, 0.15) is 17.3 Å². The van der Waals surface area contributed by atoms with Crippen LogP contribution in [0.25, 0.3) is 0 Å². The molecular formula is C15H13ClO2. The predicted molar refractivity (Wildman–Crippen MR) is 72.3 cm³/mol. The fourth-order valence-corrected chi connectivity index (χ4v) is 1.80. The maximum Gasteiger partial charge on any atom is 0.202 e. The monoisotopic (exact) mass is 260 g/mol. The summed E-state index contributed by atoms with van der Waals surface area (Å²) in [6.45, 7) is 1.72. The number of hydrogen-bond acceptors (Lipinski definition) is 2. The number of ketones is 1. The number of hydrogen-bond donors (Lipinski definition) is 0. The van der Waals surface area contributed by atoms with Crippen molar-refractivity contribution in [3.63, 3.8) is 0 Å². The van der Waals surface area contributed by atoms with E-state index in [0.717, 1.165) is 0 Å². The quantitative estimate of drug-likeness (QED) is 0.777. The lowest BCUT2D eigenvalue weighted by Crippen LogP contribution is -2.23. The van der Waals surface area contributed by atoms with E-state index in [9.17, 15) is 4.79 Å². The number of para-hydroxylation sites is 1. The highest BCUT2D eigenvalue weighted by Crippen LogP contribution is 2.24. The molecule has 1 atom stereocenters. The first-order chi connectivity index (χ1) is 8.68. The highest BCUT2D eigenvalue weighted by molar-refractivity contribution is 6.32. The molecular weight excluding hydrogens is 248 g/mol. The van der Waals surface area contributed by atoms with Gasteiger partial charge in [0.2, 0.25) is 5.78 Å². The zero-order valence-electron chi connectivity index (χ0n) is 9.97. The Labute approximate surface area is 111 Å². The van der Waals surface area contributed by atoms with Crippen molar-refractivity contribution < 1.29 is 9.53 Å². The molecule has 2 rings (SSSR count). The molecule has 0 aliphatic carbocycles. The Morgan fingerprint density at radius 3 is 2.33 bits per heavy atom. The molecule has 0 saturated carbocycles. The van der Waals surface area contributed by atoms with Gasteiger partial charge in [0, 0.05) is 5.56 Å². The molecule has 0 spiro atoms. The molecule has 0 heterocycles. The second-order valence-electron chi connectivity index (χ2n) is 3.92. The lowest BCUT2D eigenvalue weighted by Gasteiger charge is -2.14. The van der Waals surface area contributed by atoms with Crippen molar-refractivity contribution in [3.05, 3.63) is 65.2 Å². The Balaban J connectivity index is 2.11. The summed E-state index contributed by atoms with van der Waals surface area (Å²) in [5.41, 5.74) is 0.636. The predicted octanol–water partition coefficient (Wildman–Crippen LogP) is 3.99. The van der Waals surface area contributed by atoms with E-state index < -0.39 is 6.10 Å². The molecule has 2 aromatic rings. The Bertz CT molecular complexity index is 537. The first-order valence-electron chi connectivity index (χ1n) is 5.69. The fourth-order valence-electron chi connectivity index (χ4n) is 1.62. The summed E-state index contributed by atoms with van der Waals surface area (Å²) >= 11 is 5.98. The smallest absolute Gasteiger partial charge is 0.202 e. The van der Waals surface area contributed by atoms with Crippen LogP contribution in [0.3, 0.4) is 0 Å². The summed E-state index contributed by atoms with van der Waals surface area (Å²) in [4.78, 5) is 12.1. The highest BCUT2D eigenvalue weighted by atomic mass is 35.5. The molecule has 0 amide bonds. The minimum atomic E-state index is -0.563. The summed E-state index contributed by atoms with van der Waals surface area (Å²) in [7, 11) is 0. The fraction of sp³-hybridized carbons (Fsp3) is 0.133. The van der Waals surface area contributed by atoms with Crippen molar-refractivity contribution in [3.8, 4) is 5.75 Å². The summed E-state index contributed by atoms with van der Waals surface area (Å²) in [6.07, 6.45) is -0.563. The van der Waals surface area contributed by atoms with Crippen molar-refractivity contribution in [1.29, 1.82) is 0 Å². The van der Waals surface area contributed by atoms with Gasteiger partial charge in [-0.25, -0.2) is 0 Å². The van der Waals surface area contributed by atoms with Crippen LogP contribution in [0.4, 0.5) is 0 Å². The molecule has 0 bridgehead atoms. The number of rotatable bonds is 4. The molecule has 2 aromatic carbocycles. The van der Waals surface area contributed by atoms with Crippen molar-refractivity contribution in [2.75, 3.05) is 0 Å². The van der Waals surface area contributed by atoms with Crippen LogP contribution in [-0.2, 0) is 0 Å². The average molecular weight is 261 g/mol. The van der Waals surface area contributed by atoms with Crippen LogP contribution >= 0.6 is 11.6 Å². The van der Waals surface area contributed by atoms with Crippen molar-refractivity contribution in [2.24, 2.45) is 0 Å². The largest absolute Gasteiger partial charge is 0.481 e. The highest BCUT2D eigenvalue weighted by Gasteiger charge is 2.17. The van der Waals surface area contributed by atoms with Crippen LogP contribution < -0.4 is 4.74 Å². The number of Topliss-reactive ketones (excluding diaryl/α,β-unsaturated/α-hetero) is 1. The van der Waals surface area contributed by atoms with Gasteiger partial charge in [0.05, 0.1) is 5.02 Å². The van der Waals surface area contributed by atoms with Gasteiger partial charge < -0.3 is 4.74 Å². The van der Waals surface area contributed by atoms with Crippen LogP contribution in [0.2, 0.25) is 5.02 Å². The van der Waals surface area contributed by atoms with Gasteiger partial charge >= 0.3 is 0 Å². The standard InChI is InChI=1S/C15H13ClO2/c1-11(15(17)12-7-3-2-4-8-12)18-14-10-6-5-9-13(14)16/h2-11H,1H3/t11-/m1/s1. The molecule has 92 valence electrons. The van der Waals surface area contributed by atoms with Gasteiger partial charge in [0.25, 0.3) is 0 Å². The lowest BCUT2D eigenvalue weighted by atomic mass is 10.1. The zero-order chi connectivity index (χ0) is 13.0. The maximum atomic E-state index is 12.1. The van der Waals surface area contributed by atoms with E-state index in [1.165, 1.54) is 0 Å². The Hall–Kier alpha value is -1.80. The van der Waals surface area contributed by atoms with E-state index in [-0.39, 0.29) is 5.78 Å². The molecule has 18 heavy (non-hydrogen) atoms. The lowest BCUT2D eigenvalue weighted by molar-refractivity contribution is 0.0818. The molecule has 2 nitrogen and oxygen atoms in total. The molecule has 0 aliphatic rings. The number of carbonyl (C=O) groups is 1. The van der Waals surface area contributed by atoms with E-state index in [2.05, 4.69) is 0 Å². The first kappa shape index (κ1) is 12.7.